The number of thioether (sulfide) groups is 1. The van der Waals surface area contributed by atoms with Crippen molar-refractivity contribution >= 4 is 35.0 Å². The number of methoxy groups -OCH3 is 1. The Morgan fingerprint density at radius 3 is 2.52 bits per heavy atom. The van der Waals surface area contributed by atoms with Crippen molar-refractivity contribution in [3.63, 3.8) is 0 Å². The van der Waals surface area contributed by atoms with Gasteiger partial charge in [0.1, 0.15) is 0 Å². The van der Waals surface area contributed by atoms with Gasteiger partial charge in [-0.05, 0) is 92.8 Å². The highest BCUT2D eigenvalue weighted by Gasteiger charge is 2.36. The Hall–Kier alpha value is -2.80. The van der Waals surface area contributed by atoms with Crippen LogP contribution in [0.5, 0.6) is 0 Å². The van der Waals surface area contributed by atoms with E-state index in [9.17, 15) is 14.4 Å². The number of nitrogens with zero attached hydrogens (tertiary/aromatic N) is 2. The van der Waals surface area contributed by atoms with Crippen molar-refractivity contribution in [3.05, 3.63) is 57.2 Å². The van der Waals surface area contributed by atoms with Crippen LogP contribution in [-0.2, 0) is 9.53 Å². The van der Waals surface area contributed by atoms with Crippen molar-refractivity contribution in [3.8, 4) is 5.69 Å². The molecule has 7 heteroatoms. The van der Waals surface area contributed by atoms with E-state index in [4.69, 9.17) is 4.74 Å². The molecule has 2 aromatic rings. The third-order valence-corrected chi connectivity index (χ3v) is 7.56. The Morgan fingerprint density at radius 2 is 1.85 bits per heavy atom. The van der Waals surface area contributed by atoms with Gasteiger partial charge < -0.3 is 9.30 Å². The third-order valence-electron chi connectivity index (χ3n) is 6.65. The zero-order valence-electron chi connectivity index (χ0n) is 19.6. The minimum atomic E-state index is -0.366. The fraction of sp³-hybridized carbons (Fsp3) is 0.423. The van der Waals surface area contributed by atoms with E-state index in [0.29, 0.717) is 22.9 Å². The third kappa shape index (κ3) is 4.64. The van der Waals surface area contributed by atoms with Crippen LogP contribution in [0, 0.1) is 26.7 Å². The standard InChI is InChI=1S/C26H30N2O4S/c1-16-12-20(25(30)32-4)10-11-22(16)28-17(2)13-21(18(28)3)14-23-24(29)27(26(31)33-23)15-19-8-6-5-7-9-19/h10-14,19H,5-9,15H2,1-4H3/b23-14+. The highest BCUT2D eigenvalue weighted by molar-refractivity contribution is 8.18. The predicted octanol–water partition coefficient (Wildman–Crippen LogP) is 5.81. The lowest BCUT2D eigenvalue weighted by atomic mass is 9.89. The van der Waals surface area contributed by atoms with E-state index >= 15 is 0 Å². The van der Waals surface area contributed by atoms with Gasteiger partial charge in [-0.3, -0.25) is 14.5 Å². The molecule has 2 aliphatic rings. The van der Waals surface area contributed by atoms with E-state index in [1.165, 1.54) is 31.3 Å². The van der Waals surface area contributed by atoms with Crippen LogP contribution in [0.25, 0.3) is 11.8 Å². The molecule has 0 N–H and O–H groups in total. The lowest BCUT2D eigenvalue weighted by Gasteiger charge is -2.25. The van der Waals surface area contributed by atoms with Gasteiger partial charge in [0, 0.05) is 23.6 Å². The Morgan fingerprint density at radius 1 is 1.12 bits per heavy atom. The quantitative estimate of drug-likeness (QED) is 0.411. The van der Waals surface area contributed by atoms with Crippen LogP contribution < -0.4 is 0 Å². The van der Waals surface area contributed by atoms with E-state index < -0.39 is 0 Å². The summed E-state index contributed by atoms with van der Waals surface area (Å²) in [5.41, 5.74) is 5.30. The van der Waals surface area contributed by atoms with E-state index in [1.54, 1.807) is 6.07 Å². The van der Waals surface area contributed by atoms with Gasteiger partial charge in [-0.15, -0.1) is 0 Å². The summed E-state index contributed by atoms with van der Waals surface area (Å²) in [6, 6.07) is 7.50. The Kier molecular flexibility index (Phi) is 6.79. The summed E-state index contributed by atoms with van der Waals surface area (Å²) in [6.07, 6.45) is 7.64. The van der Waals surface area contributed by atoms with Crippen molar-refractivity contribution in [2.24, 2.45) is 5.92 Å². The molecule has 2 amide bonds. The van der Waals surface area contributed by atoms with E-state index in [-0.39, 0.29) is 17.1 Å². The maximum atomic E-state index is 13.0. The lowest BCUT2D eigenvalue weighted by molar-refractivity contribution is -0.123. The fourth-order valence-corrected chi connectivity index (χ4v) is 5.72. The van der Waals surface area contributed by atoms with Crippen LogP contribution in [0.15, 0.2) is 29.2 Å². The topological polar surface area (TPSA) is 68.6 Å². The smallest absolute Gasteiger partial charge is 0.337 e. The van der Waals surface area contributed by atoms with Crippen LogP contribution in [0.4, 0.5) is 4.79 Å². The molecule has 0 bridgehead atoms. The summed E-state index contributed by atoms with van der Waals surface area (Å²) >= 11 is 1.03. The highest BCUT2D eigenvalue weighted by Crippen LogP contribution is 2.36. The summed E-state index contributed by atoms with van der Waals surface area (Å²) in [6.45, 7) is 6.50. The van der Waals surface area contributed by atoms with Gasteiger partial charge in [0.25, 0.3) is 11.1 Å². The fourth-order valence-electron chi connectivity index (χ4n) is 4.88. The first-order chi connectivity index (χ1) is 15.8. The summed E-state index contributed by atoms with van der Waals surface area (Å²) in [4.78, 5) is 39.4. The van der Waals surface area contributed by atoms with Gasteiger partial charge in [-0.1, -0.05) is 19.3 Å². The first kappa shape index (κ1) is 23.4. The average Bonchev–Trinajstić information content (AvgIpc) is 3.23. The summed E-state index contributed by atoms with van der Waals surface area (Å²) in [7, 11) is 1.37. The molecule has 174 valence electrons. The molecule has 1 aromatic heterocycles. The molecule has 2 heterocycles. The number of esters is 1. The number of carbonyl (C=O) groups is 3. The first-order valence-electron chi connectivity index (χ1n) is 11.4. The van der Waals surface area contributed by atoms with Crippen molar-refractivity contribution in [1.29, 1.82) is 0 Å². The van der Waals surface area contributed by atoms with Gasteiger partial charge in [-0.25, -0.2) is 4.79 Å². The number of carbonyl (C=O) groups excluding carboxylic acids is 3. The summed E-state index contributed by atoms with van der Waals surface area (Å²) < 4.78 is 6.92. The van der Waals surface area contributed by atoms with E-state index in [0.717, 1.165) is 52.8 Å². The molecule has 4 rings (SSSR count). The summed E-state index contributed by atoms with van der Waals surface area (Å²) in [5.74, 6) is -0.123. The van der Waals surface area contributed by atoms with Gasteiger partial charge in [0.2, 0.25) is 0 Å². The molecular weight excluding hydrogens is 436 g/mol. The molecule has 33 heavy (non-hydrogen) atoms. The van der Waals surface area contributed by atoms with E-state index in [1.807, 2.05) is 45.0 Å². The first-order valence-corrected chi connectivity index (χ1v) is 12.3. The number of imide groups is 1. The molecule has 0 radical (unpaired) electrons. The molecule has 0 unspecified atom stereocenters. The molecule has 1 aliphatic heterocycles. The zero-order chi connectivity index (χ0) is 23.7. The van der Waals surface area contributed by atoms with Crippen molar-refractivity contribution in [1.82, 2.24) is 9.47 Å². The van der Waals surface area contributed by atoms with Crippen molar-refractivity contribution < 1.29 is 19.1 Å². The van der Waals surface area contributed by atoms with Crippen molar-refractivity contribution in [2.45, 2.75) is 52.9 Å². The largest absolute Gasteiger partial charge is 0.465 e. The SMILES string of the molecule is COC(=O)c1ccc(-n2c(C)cc(/C=C3/SC(=O)N(CC4CCCCC4)C3=O)c2C)c(C)c1. The molecule has 2 fully saturated rings. The van der Waals surface area contributed by atoms with Gasteiger partial charge in [0.05, 0.1) is 17.6 Å². The van der Waals surface area contributed by atoms with Crippen LogP contribution >= 0.6 is 11.8 Å². The number of hydrogen-bond donors (Lipinski definition) is 0. The molecular formula is C26H30N2O4S. The van der Waals surface area contributed by atoms with Gasteiger partial charge >= 0.3 is 5.97 Å². The monoisotopic (exact) mass is 466 g/mol. The predicted molar refractivity (Wildman–Crippen MR) is 131 cm³/mol. The number of amides is 2. The molecule has 0 spiro atoms. The summed E-state index contributed by atoms with van der Waals surface area (Å²) in [5, 5.41) is -0.167. The van der Waals surface area contributed by atoms with Crippen LogP contribution in [0.3, 0.4) is 0 Å². The number of hydrogen-bond acceptors (Lipinski definition) is 5. The molecule has 0 atom stereocenters. The highest BCUT2D eigenvalue weighted by atomic mass is 32.2. The second-order valence-corrected chi connectivity index (χ2v) is 9.94. The number of benzene rings is 1. The van der Waals surface area contributed by atoms with Crippen LogP contribution in [0.1, 0.15) is 65.0 Å². The Bertz CT molecular complexity index is 1140. The van der Waals surface area contributed by atoms with Crippen LogP contribution in [0.2, 0.25) is 0 Å². The molecule has 1 aromatic carbocycles. The van der Waals surface area contributed by atoms with Crippen molar-refractivity contribution in [2.75, 3.05) is 13.7 Å². The molecule has 1 saturated heterocycles. The number of aromatic nitrogens is 1. The van der Waals surface area contributed by atoms with E-state index in [2.05, 4.69) is 4.57 Å². The van der Waals surface area contributed by atoms with Gasteiger partial charge in [-0.2, -0.15) is 0 Å². The van der Waals surface area contributed by atoms with Gasteiger partial charge in [0.15, 0.2) is 0 Å². The molecule has 1 aliphatic carbocycles. The Balaban J connectivity index is 1.60. The second-order valence-electron chi connectivity index (χ2n) is 8.95. The molecule has 6 nitrogen and oxygen atoms in total. The normalized spacial score (nSPS) is 18.4. The lowest BCUT2D eigenvalue weighted by Crippen LogP contribution is -2.34. The minimum absolute atomic E-state index is 0.167. The zero-order valence-corrected chi connectivity index (χ0v) is 20.5. The Labute approximate surface area is 199 Å². The number of aryl methyl sites for hydroxylation is 2. The average molecular weight is 467 g/mol. The van der Waals surface area contributed by atoms with Crippen LogP contribution in [-0.4, -0.2) is 40.2 Å². The molecule has 1 saturated carbocycles. The number of rotatable bonds is 5. The minimum Gasteiger partial charge on any atom is -0.465 e. The second kappa shape index (κ2) is 9.59. The number of ether oxygens (including phenoxy) is 1. The maximum Gasteiger partial charge on any atom is 0.337 e. The maximum absolute atomic E-state index is 13.0.